The van der Waals surface area contributed by atoms with Crippen molar-refractivity contribution in [3.63, 3.8) is 0 Å². The summed E-state index contributed by atoms with van der Waals surface area (Å²) < 4.78 is 9.31. The molecule has 0 radical (unpaired) electrons. The molecular weight excluding hydrogens is 244 g/mol. The third kappa shape index (κ3) is 4.02. The Morgan fingerprint density at radius 2 is 2.00 bits per heavy atom. The quantitative estimate of drug-likeness (QED) is 0.454. The van der Waals surface area contributed by atoms with E-state index in [9.17, 15) is 9.35 Å². The molecule has 94 valence electrons. The average Bonchev–Trinajstić information content (AvgIpc) is 2.42. The fourth-order valence-corrected chi connectivity index (χ4v) is 2.08. The molecular formula is C15H16O2S. The van der Waals surface area contributed by atoms with Gasteiger partial charge in [-0.1, -0.05) is 61.7 Å². The van der Waals surface area contributed by atoms with Crippen LogP contribution in [-0.2, 0) is 4.79 Å². The van der Waals surface area contributed by atoms with Gasteiger partial charge < -0.3 is 4.55 Å². The minimum Gasteiger partial charge on any atom is -0.329 e. The molecule has 1 aromatic rings. The first-order chi connectivity index (χ1) is 8.72. The molecule has 0 aliphatic carbocycles. The lowest BCUT2D eigenvalue weighted by atomic mass is 10.0. The number of rotatable bonds is 7. The minimum atomic E-state index is -0.258. The second-order valence-electron chi connectivity index (χ2n) is 3.69. The van der Waals surface area contributed by atoms with E-state index < -0.39 is 0 Å². The van der Waals surface area contributed by atoms with Crippen molar-refractivity contribution >= 4 is 17.8 Å². The van der Waals surface area contributed by atoms with Crippen molar-refractivity contribution in [3.05, 3.63) is 72.9 Å². The fraction of sp³-hybridized carbons (Fsp3) is 0.133. The number of benzene rings is 1. The van der Waals surface area contributed by atoms with Gasteiger partial charge in [-0.2, -0.15) is 0 Å². The molecule has 0 bridgehead atoms. The summed E-state index contributed by atoms with van der Waals surface area (Å²) in [4.78, 5) is 12.0. The third-order valence-electron chi connectivity index (χ3n) is 2.51. The Bertz CT molecular complexity index is 449. The van der Waals surface area contributed by atoms with Gasteiger partial charge in [-0.15, -0.1) is 0 Å². The van der Waals surface area contributed by atoms with Gasteiger partial charge in [0.15, 0.2) is 5.78 Å². The molecule has 0 saturated carbocycles. The Morgan fingerprint density at radius 1 is 1.33 bits per heavy atom. The third-order valence-corrected chi connectivity index (χ3v) is 3.20. The van der Waals surface area contributed by atoms with Crippen molar-refractivity contribution in [2.45, 2.75) is 11.7 Å². The average molecular weight is 260 g/mol. The van der Waals surface area contributed by atoms with E-state index in [1.807, 2.05) is 30.3 Å². The van der Waals surface area contributed by atoms with Crippen molar-refractivity contribution < 1.29 is 9.35 Å². The topological polar surface area (TPSA) is 37.3 Å². The number of hydrogen-bond donors (Lipinski definition) is 1. The smallest absolute Gasteiger partial charge is 0.164 e. The van der Waals surface area contributed by atoms with E-state index in [0.29, 0.717) is 17.6 Å². The summed E-state index contributed by atoms with van der Waals surface area (Å²) >= 11 is 0.689. The highest BCUT2D eigenvalue weighted by molar-refractivity contribution is 7.94. The molecule has 0 aliphatic rings. The molecule has 1 aromatic carbocycles. The molecule has 1 rings (SSSR count). The zero-order valence-electron chi connectivity index (χ0n) is 10.1. The fourth-order valence-electron chi connectivity index (χ4n) is 1.57. The Hall–Kier alpha value is -1.58. The number of allylic oxidation sites excluding steroid dienone is 4. The maximum Gasteiger partial charge on any atom is 0.164 e. The predicted octanol–water partition coefficient (Wildman–Crippen LogP) is 4.19. The molecule has 2 nitrogen and oxygen atoms in total. The SMILES string of the molecule is C=C/C=C(\C=C)C(=O)CC(SO)c1ccccc1. The molecule has 0 fully saturated rings. The lowest BCUT2D eigenvalue weighted by molar-refractivity contribution is -0.115. The molecule has 3 heteroatoms. The van der Waals surface area contributed by atoms with Gasteiger partial charge in [-0.25, -0.2) is 0 Å². The number of ketones is 1. The van der Waals surface area contributed by atoms with Crippen LogP contribution >= 0.6 is 12.0 Å². The zero-order chi connectivity index (χ0) is 13.4. The van der Waals surface area contributed by atoms with Crippen LogP contribution in [0, 0.1) is 0 Å². The Kier molecular flexibility index (Phi) is 6.19. The van der Waals surface area contributed by atoms with Crippen LogP contribution in [0.1, 0.15) is 17.2 Å². The molecule has 0 saturated heterocycles. The monoisotopic (exact) mass is 260 g/mol. The van der Waals surface area contributed by atoms with E-state index in [0.717, 1.165) is 5.56 Å². The van der Waals surface area contributed by atoms with Crippen LogP contribution in [0.3, 0.4) is 0 Å². The summed E-state index contributed by atoms with van der Waals surface area (Å²) in [5.74, 6) is -0.0553. The highest BCUT2D eigenvalue weighted by Crippen LogP contribution is 2.30. The van der Waals surface area contributed by atoms with E-state index in [-0.39, 0.29) is 17.5 Å². The highest BCUT2D eigenvalue weighted by Gasteiger charge is 2.17. The summed E-state index contributed by atoms with van der Waals surface area (Å²) in [5, 5.41) is -0.258. The molecule has 0 aromatic heterocycles. The molecule has 0 aliphatic heterocycles. The van der Waals surface area contributed by atoms with Gasteiger partial charge in [-0.3, -0.25) is 4.79 Å². The van der Waals surface area contributed by atoms with Gasteiger partial charge in [-0.05, 0) is 17.6 Å². The van der Waals surface area contributed by atoms with Gasteiger partial charge in [0.05, 0.1) is 5.25 Å². The van der Waals surface area contributed by atoms with Gasteiger partial charge >= 0.3 is 0 Å². The Labute approximate surface area is 112 Å². The standard InChI is InChI=1S/C15H16O2S/c1-3-8-12(4-2)14(16)11-15(18-17)13-9-6-5-7-10-13/h3-10,15,17H,1-2,11H2/b12-8+. The van der Waals surface area contributed by atoms with E-state index in [2.05, 4.69) is 13.2 Å². The van der Waals surface area contributed by atoms with Crippen LogP contribution in [0.25, 0.3) is 0 Å². The molecule has 1 atom stereocenters. The summed E-state index contributed by atoms with van der Waals surface area (Å²) in [7, 11) is 0. The Morgan fingerprint density at radius 3 is 2.50 bits per heavy atom. The van der Waals surface area contributed by atoms with Gasteiger partial charge in [0.2, 0.25) is 0 Å². The van der Waals surface area contributed by atoms with Crippen molar-refractivity contribution in [1.82, 2.24) is 0 Å². The minimum absolute atomic E-state index is 0.0553. The molecule has 1 N–H and O–H groups in total. The van der Waals surface area contributed by atoms with Crippen molar-refractivity contribution in [2.75, 3.05) is 0 Å². The van der Waals surface area contributed by atoms with Gasteiger partial charge in [0.25, 0.3) is 0 Å². The van der Waals surface area contributed by atoms with Crippen LogP contribution in [0.2, 0.25) is 0 Å². The first-order valence-electron chi connectivity index (χ1n) is 5.56. The molecule has 18 heavy (non-hydrogen) atoms. The first kappa shape index (κ1) is 14.5. The second-order valence-corrected chi connectivity index (χ2v) is 4.47. The van der Waals surface area contributed by atoms with E-state index in [4.69, 9.17) is 0 Å². The summed E-state index contributed by atoms with van der Waals surface area (Å²) in [5.41, 5.74) is 1.44. The molecule has 1 unspecified atom stereocenters. The Balaban J connectivity index is 2.81. The first-order valence-corrected chi connectivity index (χ1v) is 6.40. The predicted molar refractivity (Wildman–Crippen MR) is 77.5 cm³/mol. The second kappa shape index (κ2) is 7.69. The van der Waals surface area contributed by atoms with Crippen LogP contribution in [0.5, 0.6) is 0 Å². The lowest BCUT2D eigenvalue weighted by Gasteiger charge is -2.12. The lowest BCUT2D eigenvalue weighted by Crippen LogP contribution is -2.06. The van der Waals surface area contributed by atoms with Crippen molar-refractivity contribution in [1.29, 1.82) is 0 Å². The van der Waals surface area contributed by atoms with Crippen molar-refractivity contribution in [2.24, 2.45) is 0 Å². The normalized spacial score (nSPS) is 12.8. The number of carbonyl (C=O) groups is 1. The van der Waals surface area contributed by atoms with E-state index >= 15 is 0 Å². The maximum atomic E-state index is 12.0. The van der Waals surface area contributed by atoms with Crippen LogP contribution in [0.4, 0.5) is 0 Å². The number of carbonyl (C=O) groups excluding carboxylic acids is 1. The summed E-state index contributed by atoms with van der Waals surface area (Å²) in [6.45, 7) is 7.16. The van der Waals surface area contributed by atoms with Gasteiger partial charge in [0, 0.05) is 12.0 Å². The maximum absolute atomic E-state index is 12.0. The van der Waals surface area contributed by atoms with Crippen LogP contribution in [-0.4, -0.2) is 10.3 Å². The van der Waals surface area contributed by atoms with E-state index in [1.165, 1.54) is 6.08 Å². The van der Waals surface area contributed by atoms with Crippen LogP contribution < -0.4 is 0 Å². The summed E-state index contributed by atoms with van der Waals surface area (Å²) in [6, 6.07) is 9.46. The molecule has 0 amide bonds. The van der Waals surface area contributed by atoms with Crippen molar-refractivity contribution in [3.8, 4) is 0 Å². The van der Waals surface area contributed by atoms with E-state index in [1.54, 1.807) is 12.2 Å². The number of hydrogen-bond acceptors (Lipinski definition) is 3. The summed E-state index contributed by atoms with van der Waals surface area (Å²) in [6.07, 6.45) is 4.92. The highest BCUT2D eigenvalue weighted by atomic mass is 32.2. The molecule has 0 heterocycles. The van der Waals surface area contributed by atoms with Gasteiger partial charge in [0.1, 0.15) is 0 Å². The molecule has 0 spiro atoms. The number of Topliss-reactive ketones (excluding diaryl/α,β-unsaturated/α-hetero) is 1. The van der Waals surface area contributed by atoms with Crippen LogP contribution in [0.15, 0.2) is 67.3 Å². The largest absolute Gasteiger partial charge is 0.329 e. The zero-order valence-corrected chi connectivity index (χ0v) is 10.9.